The number of halogens is 3. The lowest BCUT2D eigenvalue weighted by atomic mass is 10.1. The summed E-state index contributed by atoms with van der Waals surface area (Å²) in [6.07, 6.45) is -2.14. The number of hydrogen-bond donors (Lipinski definition) is 0. The van der Waals surface area contributed by atoms with E-state index < -0.39 is 11.7 Å². The topological polar surface area (TPSA) is 69.6 Å². The van der Waals surface area contributed by atoms with Crippen LogP contribution >= 0.6 is 11.8 Å². The van der Waals surface area contributed by atoms with E-state index in [4.69, 9.17) is 4.52 Å². The third kappa shape index (κ3) is 4.55. The van der Waals surface area contributed by atoms with Crippen LogP contribution in [-0.2, 0) is 18.5 Å². The van der Waals surface area contributed by atoms with E-state index in [9.17, 15) is 13.2 Å². The van der Waals surface area contributed by atoms with Gasteiger partial charge in [-0.3, -0.25) is 0 Å². The predicted octanol–water partition coefficient (Wildman–Crippen LogP) is 5.56. The van der Waals surface area contributed by atoms with Crippen molar-refractivity contribution in [1.29, 1.82) is 0 Å². The molecule has 0 spiro atoms. The molecule has 32 heavy (non-hydrogen) atoms. The minimum absolute atomic E-state index is 0.249. The monoisotopic (exact) mass is 457 g/mol. The molecule has 5 rings (SSSR count). The van der Waals surface area contributed by atoms with Crippen molar-refractivity contribution in [2.45, 2.75) is 42.4 Å². The highest BCUT2D eigenvalue weighted by atomic mass is 32.2. The molecule has 6 nitrogen and oxygen atoms in total. The SMILES string of the molecule is FC(F)(F)c1ccc(-c2noc(CSc3nnc(C4CC4)n3Cc3ccccc3)n2)cc1. The molecular weight excluding hydrogens is 439 g/mol. The Kier molecular flexibility index (Phi) is 5.46. The van der Waals surface area contributed by atoms with Crippen LogP contribution in [0.25, 0.3) is 11.4 Å². The second kappa shape index (κ2) is 8.42. The Morgan fingerprint density at radius 3 is 2.44 bits per heavy atom. The Labute approximate surface area is 185 Å². The van der Waals surface area contributed by atoms with E-state index in [0.717, 1.165) is 36.0 Å². The number of hydrogen-bond acceptors (Lipinski definition) is 6. The molecule has 0 bridgehead atoms. The van der Waals surface area contributed by atoms with Crippen LogP contribution in [0.2, 0.25) is 0 Å². The molecule has 164 valence electrons. The summed E-state index contributed by atoms with van der Waals surface area (Å²) in [4.78, 5) is 4.32. The number of alkyl halides is 3. The molecule has 0 aliphatic heterocycles. The molecule has 1 aliphatic rings. The molecule has 1 aliphatic carbocycles. The van der Waals surface area contributed by atoms with Crippen LogP contribution in [0, 0.1) is 0 Å². The van der Waals surface area contributed by atoms with Gasteiger partial charge >= 0.3 is 6.18 Å². The third-order valence-electron chi connectivity index (χ3n) is 5.13. The van der Waals surface area contributed by atoms with Gasteiger partial charge in [0.05, 0.1) is 17.9 Å². The van der Waals surface area contributed by atoms with E-state index in [0.29, 0.717) is 29.7 Å². The number of aromatic nitrogens is 5. The zero-order chi connectivity index (χ0) is 22.1. The fraction of sp³-hybridized carbons (Fsp3) is 0.273. The molecule has 0 unspecified atom stereocenters. The zero-order valence-electron chi connectivity index (χ0n) is 16.8. The number of rotatable bonds is 7. The number of thioether (sulfide) groups is 1. The van der Waals surface area contributed by atoms with Gasteiger partial charge in [-0.05, 0) is 30.5 Å². The lowest BCUT2D eigenvalue weighted by Crippen LogP contribution is -2.06. The van der Waals surface area contributed by atoms with Crippen LogP contribution in [0.4, 0.5) is 13.2 Å². The van der Waals surface area contributed by atoms with Gasteiger partial charge in [-0.25, -0.2) is 0 Å². The van der Waals surface area contributed by atoms with Crippen molar-refractivity contribution in [3.8, 4) is 11.4 Å². The van der Waals surface area contributed by atoms with Gasteiger partial charge in [0, 0.05) is 11.5 Å². The van der Waals surface area contributed by atoms with Crippen molar-refractivity contribution in [2.24, 2.45) is 0 Å². The third-order valence-corrected chi connectivity index (χ3v) is 6.09. The Bertz CT molecular complexity index is 1200. The molecular formula is C22H18F3N5OS. The Morgan fingerprint density at radius 1 is 1.00 bits per heavy atom. The number of nitrogens with zero attached hydrogens (tertiary/aromatic N) is 5. The largest absolute Gasteiger partial charge is 0.416 e. The summed E-state index contributed by atoms with van der Waals surface area (Å²) < 4.78 is 45.7. The van der Waals surface area contributed by atoms with Gasteiger partial charge in [0.2, 0.25) is 11.7 Å². The molecule has 1 saturated carbocycles. The summed E-state index contributed by atoms with van der Waals surface area (Å²) in [5.74, 6) is 2.44. The first-order valence-corrected chi connectivity index (χ1v) is 11.1. The van der Waals surface area contributed by atoms with Crippen LogP contribution in [0.3, 0.4) is 0 Å². The lowest BCUT2D eigenvalue weighted by molar-refractivity contribution is -0.137. The molecule has 10 heteroatoms. The van der Waals surface area contributed by atoms with E-state index in [1.807, 2.05) is 18.2 Å². The first-order valence-electron chi connectivity index (χ1n) is 10.1. The highest BCUT2D eigenvalue weighted by Gasteiger charge is 2.31. The summed E-state index contributed by atoms with van der Waals surface area (Å²) in [6, 6.07) is 14.8. The van der Waals surface area contributed by atoms with E-state index >= 15 is 0 Å². The maximum atomic E-state index is 12.7. The summed E-state index contributed by atoms with van der Waals surface area (Å²) in [5, 5.41) is 13.4. The van der Waals surface area contributed by atoms with Gasteiger partial charge in [0.15, 0.2) is 5.16 Å². The fourth-order valence-corrected chi connectivity index (χ4v) is 4.11. The van der Waals surface area contributed by atoms with Crippen molar-refractivity contribution in [2.75, 3.05) is 0 Å². The van der Waals surface area contributed by atoms with E-state index in [1.165, 1.54) is 29.5 Å². The van der Waals surface area contributed by atoms with Gasteiger partial charge in [-0.2, -0.15) is 18.2 Å². The maximum absolute atomic E-state index is 12.7. The fourth-order valence-electron chi connectivity index (χ4n) is 3.33. The van der Waals surface area contributed by atoms with Crippen molar-refractivity contribution >= 4 is 11.8 Å². The molecule has 0 atom stereocenters. The summed E-state index contributed by atoms with van der Waals surface area (Å²) in [7, 11) is 0. The highest BCUT2D eigenvalue weighted by Crippen LogP contribution is 2.40. The second-order valence-corrected chi connectivity index (χ2v) is 8.50. The molecule has 0 saturated heterocycles. The molecule has 0 amide bonds. The van der Waals surface area contributed by atoms with Crippen molar-refractivity contribution in [3.63, 3.8) is 0 Å². The summed E-state index contributed by atoms with van der Waals surface area (Å²) in [5.41, 5.74) is 0.907. The minimum atomic E-state index is -4.38. The number of benzene rings is 2. The lowest BCUT2D eigenvalue weighted by Gasteiger charge is -2.09. The van der Waals surface area contributed by atoms with Crippen LogP contribution in [0.15, 0.2) is 64.3 Å². The van der Waals surface area contributed by atoms with Gasteiger partial charge in [-0.15, -0.1) is 10.2 Å². The van der Waals surface area contributed by atoms with Gasteiger partial charge < -0.3 is 9.09 Å². The van der Waals surface area contributed by atoms with E-state index in [2.05, 4.69) is 37.0 Å². The normalized spacial score (nSPS) is 14.1. The Balaban J connectivity index is 1.30. The van der Waals surface area contributed by atoms with Crippen LogP contribution in [0.1, 0.15) is 41.6 Å². The smallest absolute Gasteiger partial charge is 0.338 e. The quantitative estimate of drug-likeness (QED) is 0.338. The van der Waals surface area contributed by atoms with Crippen molar-refractivity contribution in [3.05, 3.63) is 77.4 Å². The first-order chi connectivity index (χ1) is 15.5. The second-order valence-electron chi connectivity index (χ2n) is 7.56. The van der Waals surface area contributed by atoms with E-state index in [-0.39, 0.29) is 5.82 Å². The molecule has 0 radical (unpaired) electrons. The van der Waals surface area contributed by atoms with Crippen LogP contribution in [-0.4, -0.2) is 24.9 Å². The van der Waals surface area contributed by atoms with Crippen LogP contribution in [0.5, 0.6) is 0 Å². The Hall–Kier alpha value is -3.14. The summed E-state index contributed by atoms with van der Waals surface area (Å²) >= 11 is 1.44. The van der Waals surface area contributed by atoms with E-state index in [1.54, 1.807) is 0 Å². The minimum Gasteiger partial charge on any atom is -0.338 e. The van der Waals surface area contributed by atoms with Gasteiger partial charge in [-0.1, -0.05) is 59.4 Å². The highest BCUT2D eigenvalue weighted by molar-refractivity contribution is 7.98. The molecule has 2 aromatic heterocycles. The molecule has 2 aromatic carbocycles. The molecule has 2 heterocycles. The van der Waals surface area contributed by atoms with Crippen molar-refractivity contribution in [1.82, 2.24) is 24.9 Å². The van der Waals surface area contributed by atoms with Gasteiger partial charge in [0.25, 0.3) is 0 Å². The van der Waals surface area contributed by atoms with Crippen LogP contribution < -0.4 is 0 Å². The maximum Gasteiger partial charge on any atom is 0.416 e. The average molecular weight is 457 g/mol. The van der Waals surface area contributed by atoms with Crippen molar-refractivity contribution < 1.29 is 17.7 Å². The standard InChI is InChI=1S/C22H18F3N5OS/c23-22(24,25)17-10-8-15(9-11-17)19-26-18(31-29-19)13-32-21-28-27-20(16-6-7-16)30(21)12-14-4-2-1-3-5-14/h1-5,8-11,16H,6-7,12-13H2. The average Bonchev–Trinajstić information content (AvgIpc) is 3.39. The predicted molar refractivity (Wildman–Crippen MR) is 112 cm³/mol. The first kappa shape index (κ1) is 20.7. The Morgan fingerprint density at radius 2 is 1.75 bits per heavy atom. The molecule has 1 fully saturated rings. The molecule has 0 N–H and O–H groups in total. The molecule has 4 aromatic rings. The van der Waals surface area contributed by atoms with Gasteiger partial charge in [0.1, 0.15) is 5.82 Å². The summed E-state index contributed by atoms with van der Waals surface area (Å²) in [6.45, 7) is 0.683. The zero-order valence-corrected chi connectivity index (χ0v) is 17.6.